The van der Waals surface area contributed by atoms with Gasteiger partial charge in [0.2, 0.25) is 10.0 Å². The summed E-state index contributed by atoms with van der Waals surface area (Å²) in [6.07, 6.45) is 0. The number of hydrogen-bond donors (Lipinski definition) is 2. The maximum absolute atomic E-state index is 11.3. The van der Waals surface area contributed by atoms with E-state index in [9.17, 15) is 8.42 Å². The van der Waals surface area contributed by atoms with Crippen LogP contribution in [0.5, 0.6) is 0 Å². The van der Waals surface area contributed by atoms with E-state index in [1.54, 1.807) is 26.0 Å². The molecule has 0 radical (unpaired) electrons. The van der Waals surface area contributed by atoms with Gasteiger partial charge in [0.05, 0.1) is 18.4 Å². The van der Waals surface area contributed by atoms with E-state index in [4.69, 9.17) is 9.52 Å². The van der Waals surface area contributed by atoms with Crippen LogP contribution in [-0.2, 0) is 10.0 Å². The summed E-state index contributed by atoms with van der Waals surface area (Å²) in [5, 5.41) is 8.55. The topological polar surface area (TPSA) is 79.5 Å². The van der Waals surface area contributed by atoms with Crippen molar-refractivity contribution in [1.82, 2.24) is 4.72 Å². The first-order valence-electron chi connectivity index (χ1n) is 4.62. The lowest BCUT2D eigenvalue weighted by atomic mass is 10.3. The predicted octanol–water partition coefficient (Wildman–Crippen LogP) is 0.561. The number of nitrogens with one attached hydrogen (secondary N) is 1. The second-order valence-electron chi connectivity index (χ2n) is 3.33. The second kappa shape index (κ2) is 4.78. The van der Waals surface area contributed by atoms with Crippen LogP contribution in [0.3, 0.4) is 0 Å². The number of rotatable bonds is 5. The SMILES string of the molecule is Cc1ccc(C(C)NS(=O)(=O)CCO)o1. The number of aliphatic hydroxyl groups excluding tert-OH is 1. The summed E-state index contributed by atoms with van der Waals surface area (Å²) in [7, 11) is -3.43. The van der Waals surface area contributed by atoms with Crippen LogP contribution in [0, 0.1) is 6.92 Å². The van der Waals surface area contributed by atoms with Crippen LogP contribution in [0.15, 0.2) is 16.5 Å². The maximum atomic E-state index is 11.3. The Morgan fingerprint density at radius 1 is 1.53 bits per heavy atom. The Morgan fingerprint density at radius 2 is 2.20 bits per heavy atom. The Balaban J connectivity index is 2.67. The van der Waals surface area contributed by atoms with Gasteiger partial charge in [-0.3, -0.25) is 0 Å². The number of furan rings is 1. The zero-order chi connectivity index (χ0) is 11.5. The molecule has 0 spiro atoms. The van der Waals surface area contributed by atoms with Gasteiger partial charge in [0.25, 0.3) is 0 Å². The molecule has 0 fully saturated rings. The van der Waals surface area contributed by atoms with E-state index in [0.29, 0.717) is 5.76 Å². The molecule has 0 amide bonds. The third-order valence-electron chi connectivity index (χ3n) is 1.90. The second-order valence-corrected chi connectivity index (χ2v) is 5.20. The molecule has 0 aliphatic rings. The lowest BCUT2D eigenvalue weighted by molar-refractivity contribution is 0.318. The van der Waals surface area contributed by atoms with Gasteiger partial charge in [-0.25, -0.2) is 13.1 Å². The van der Waals surface area contributed by atoms with E-state index in [-0.39, 0.29) is 12.4 Å². The molecule has 1 aromatic heterocycles. The molecule has 1 aromatic rings. The summed E-state index contributed by atoms with van der Waals surface area (Å²) in [6, 6.07) is 3.07. The third-order valence-corrected chi connectivity index (χ3v) is 3.34. The van der Waals surface area contributed by atoms with Crippen molar-refractivity contribution in [1.29, 1.82) is 0 Å². The molecule has 1 rings (SSSR count). The molecule has 0 aromatic carbocycles. The molecular weight excluding hydrogens is 218 g/mol. The zero-order valence-corrected chi connectivity index (χ0v) is 9.54. The van der Waals surface area contributed by atoms with E-state index in [2.05, 4.69) is 4.72 Å². The lowest BCUT2D eigenvalue weighted by Gasteiger charge is -2.10. The van der Waals surface area contributed by atoms with Crippen molar-refractivity contribution in [3.05, 3.63) is 23.7 Å². The van der Waals surface area contributed by atoms with Crippen molar-refractivity contribution in [3.63, 3.8) is 0 Å². The fraction of sp³-hybridized carbons (Fsp3) is 0.556. The highest BCUT2D eigenvalue weighted by Crippen LogP contribution is 2.16. The fourth-order valence-electron chi connectivity index (χ4n) is 1.19. The van der Waals surface area contributed by atoms with Gasteiger partial charge in [-0.1, -0.05) is 0 Å². The highest BCUT2D eigenvalue weighted by Gasteiger charge is 2.17. The first kappa shape index (κ1) is 12.2. The summed E-state index contributed by atoms with van der Waals surface area (Å²) in [4.78, 5) is 0. The van der Waals surface area contributed by atoms with Gasteiger partial charge in [0.1, 0.15) is 11.5 Å². The molecule has 2 N–H and O–H groups in total. The Hall–Kier alpha value is -0.850. The van der Waals surface area contributed by atoms with Crippen LogP contribution in [0.25, 0.3) is 0 Å². The number of hydrogen-bond acceptors (Lipinski definition) is 4. The van der Waals surface area contributed by atoms with Crippen LogP contribution >= 0.6 is 0 Å². The van der Waals surface area contributed by atoms with Gasteiger partial charge in [-0.2, -0.15) is 0 Å². The molecule has 6 heteroatoms. The Bertz CT molecular complexity index is 410. The van der Waals surface area contributed by atoms with E-state index < -0.39 is 16.1 Å². The Morgan fingerprint density at radius 3 is 2.67 bits per heavy atom. The molecule has 5 nitrogen and oxygen atoms in total. The monoisotopic (exact) mass is 233 g/mol. The molecule has 1 unspecified atom stereocenters. The van der Waals surface area contributed by atoms with Gasteiger partial charge in [-0.05, 0) is 26.0 Å². The minimum Gasteiger partial charge on any atom is -0.465 e. The van der Waals surface area contributed by atoms with Gasteiger partial charge < -0.3 is 9.52 Å². The quantitative estimate of drug-likeness (QED) is 0.778. The minimum atomic E-state index is -3.43. The molecule has 0 saturated heterocycles. The first-order chi connectivity index (χ1) is 6.94. The van der Waals surface area contributed by atoms with E-state index in [1.807, 2.05) is 0 Å². The van der Waals surface area contributed by atoms with Crippen LogP contribution in [0.2, 0.25) is 0 Å². The fourth-order valence-corrected chi connectivity index (χ4v) is 2.21. The van der Waals surface area contributed by atoms with Crippen LogP contribution in [0.1, 0.15) is 24.5 Å². The molecule has 15 heavy (non-hydrogen) atoms. The zero-order valence-electron chi connectivity index (χ0n) is 8.73. The van der Waals surface area contributed by atoms with Crippen molar-refractivity contribution >= 4 is 10.0 Å². The maximum Gasteiger partial charge on any atom is 0.214 e. The molecular formula is C9H15NO4S. The summed E-state index contributed by atoms with van der Waals surface area (Å²) in [5.41, 5.74) is 0. The Labute approximate surface area is 89.2 Å². The van der Waals surface area contributed by atoms with Crippen LogP contribution in [-0.4, -0.2) is 25.9 Å². The van der Waals surface area contributed by atoms with Crippen molar-refractivity contribution in [2.24, 2.45) is 0 Å². The molecule has 0 aliphatic heterocycles. The van der Waals surface area contributed by atoms with Gasteiger partial charge >= 0.3 is 0 Å². The predicted molar refractivity (Wildman–Crippen MR) is 55.9 cm³/mol. The molecule has 1 heterocycles. The molecule has 1 atom stereocenters. The smallest absolute Gasteiger partial charge is 0.214 e. The molecule has 0 saturated carbocycles. The number of aryl methyl sites for hydroxylation is 1. The molecule has 86 valence electrons. The normalized spacial score (nSPS) is 14.1. The largest absolute Gasteiger partial charge is 0.465 e. The Kier molecular flexibility index (Phi) is 3.90. The minimum absolute atomic E-state index is 0.295. The average molecular weight is 233 g/mol. The summed E-state index contributed by atoms with van der Waals surface area (Å²) >= 11 is 0. The summed E-state index contributed by atoms with van der Waals surface area (Å²) < 4.78 is 30.3. The van der Waals surface area contributed by atoms with E-state index in [1.165, 1.54) is 0 Å². The van der Waals surface area contributed by atoms with Crippen LogP contribution < -0.4 is 4.72 Å². The average Bonchev–Trinajstić information content (AvgIpc) is 2.50. The van der Waals surface area contributed by atoms with Gasteiger partial charge in [-0.15, -0.1) is 0 Å². The van der Waals surface area contributed by atoms with E-state index in [0.717, 1.165) is 5.76 Å². The number of sulfonamides is 1. The summed E-state index contributed by atoms with van der Waals surface area (Å²) in [6.45, 7) is 3.09. The highest BCUT2D eigenvalue weighted by molar-refractivity contribution is 7.89. The van der Waals surface area contributed by atoms with Gasteiger partial charge in [0.15, 0.2) is 0 Å². The standard InChI is InChI=1S/C9H15NO4S/c1-7-3-4-9(14-7)8(2)10-15(12,13)6-5-11/h3-4,8,10-11H,5-6H2,1-2H3. The van der Waals surface area contributed by atoms with Crippen molar-refractivity contribution in [3.8, 4) is 0 Å². The van der Waals surface area contributed by atoms with Crippen molar-refractivity contribution < 1.29 is 17.9 Å². The highest BCUT2D eigenvalue weighted by atomic mass is 32.2. The van der Waals surface area contributed by atoms with Crippen LogP contribution in [0.4, 0.5) is 0 Å². The third kappa shape index (κ3) is 3.65. The first-order valence-corrected chi connectivity index (χ1v) is 6.27. The molecule has 0 bridgehead atoms. The lowest BCUT2D eigenvalue weighted by Crippen LogP contribution is -2.30. The van der Waals surface area contributed by atoms with Crippen molar-refractivity contribution in [2.75, 3.05) is 12.4 Å². The number of aliphatic hydroxyl groups is 1. The van der Waals surface area contributed by atoms with E-state index >= 15 is 0 Å². The molecule has 0 aliphatic carbocycles. The summed E-state index contributed by atoms with van der Waals surface area (Å²) in [5.74, 6) is 1.00. The van der Waals surface area contributed by atoms with Crippen molar-refractivity contribution in [2.45, 2.75) is 19.9 Å². The van der Waals surface area contributed by atoms with Gasteiger partial charge in [0, 0.05) is 0 Å².